The molecule has 0 amide bonds. The molecule has 9 nitrogen and oxygen atoms in total. The Morgan fingerprint density at radius 3 is 2.64 bits per heavy atom. The van der Waals surface area contributed by atoms with Gasteiger partial charge in [-0.3, -0.25) is 0 Å². The average molecular weight is 515 g/mol. The van der Waals surface area contributed by atoms with Gasteiger partial charge < -0.3 is 19.3 Å². The Morgan fingerprint density at radius 1 is 1.21 bits per heavy atom. The molecule has 1 aromatic carbocycles. The summed E-state index contributed by atoms with van der Waals surface area (Å²) in [6, 6.07) is 3.82. The van der Waals surface area contributed by atoms with Crippen LogP contribution in [0, 0.1) is 0 Å². The highest BCUT2D eigenvalue weighted by molar-refractivity contribution is 9.11. The van der Waals surface area contributed by atoms with Gasteiger partial charge in [-0.25, -0.2) is 5.43 Å². The fourth-order valence-corrected chi connectivity index (χ4v) is 3.98. The molecule has 0 aliphatic carbocycles. The van der Waals surface area contributed by atoms with Gasteiger partial charge in [-0.15, -0.1) is 0 Å². The molecular formula is C17H21Br2N7O2. The second-order valence-corrected chi connectivity index (χ2v) is 7.90. The van der Waals surface area contributed by atoms with E-state index in [-0.39, 0.29) is 0 Å². The number of halogens is 2. The number of nitrogens with one attached hydrogen (secondary N) is 1. The lowest BCUT2D eigenvalue weighted by Gasteiger charge is -2.27. The second kappa shape index (κ2) is 9.48. The lowest BCUT2D eigenvalue weighted by molar-refractivity contribution is 0.122. The number of hydrogen-bond donors (Lipinski definition) is 1. The minimum atomic E-state index is 0.365. The number of anilines is 3. The number of benzene rings is 1. The third-order valence-corrected chi connectivity index (χ3v) is 4.96. The molecule has 1 aliphatic heterocycles. The van der Waals surface area contributed by atoms with E-state index in [9.17, 15) is 0 Å². The average Bonchev–Trinajstić information content (AvgIpc) is 2.68. The summed E-state index contributed by atoms with van der Waals surface area (Å²) in [6.07, 6.45) is 1.65. The van der Waals surface area contributed by atoms with Crippen molar-refractivity contribution in [2.24, 2.45) is 5.10 Å². The Morgan fingerprint density at radius 2 is 1.96 bits per heavy atom. The maximum absolute atomic E-state index is 5.43. The molecule has 2 heterocycles. The van der Waals surface area contributed by atoms with Crippen LogP contribution >= 0.6 is 31.9 Å². The number of hydrogen-bond acceptors (Lipinski definition) is 9. The van der Waals surface area contributed by atoms with Crippen molar-refractivity contribution in [1.82, 2.24) is 15.0 Å². The normalized spacial score (nSPS) is 14.4. The summed E-state index contributed by atoms with van der Waals surface area (Å²) < 4.78 is 12.6. The molecule has 2 aromatic rings. The maximum Gasteiger partial charge on any atom is 0.250 e. The van der Waals surface area contributed by atoms with E-state index in [1.165, 1.54) is 0 Å². The number of nitrogens with zero attached hydrogens (tertiary/aromatic N) is 6. The topological polar surface area (TPSA) is 88.0 Å². The summed E-state index contributed by atoms with van der Waals surface area (Å²) in [5.41, 5.74) is 3.69. The van der Waals surface area contributed by atoms with Crippen molar-refractivity contribution in [1.29, 1.82) is 0 Å². The third-order valence-electron chi connectivity index (χ3n) is 3.92. The summed E-state index contributed by atoms with van der Waals surface area (Å²) in [5.74, 6) is 2.20. The molecule has 0 bridgehead atoms. The van der Waals surface area contributed by atoms with Gasteiger partial charge in [-0.05, 0) is 28.1 Å². The number of rotatable bonds is 6. The fraction of sp³-hybridized carbons (Fsp3) is 0.412. The molecule has 3 rings (SSSR count). The summed E-state index contributed by atoms with van der Waals surface area (Å²) in [7, 11) is 5.38. The Balaban J connectivity index is 1.84. The highest BCUT2D eigenvalue weighted by Crippen LogP contribution is 2.31. The van der Waals surface area contributed by atoms with Crippen molar-refractivity contribution in [3.05, 3.63) is 26.6 Å². The van der Waals surface area contributed by atoms with Gasteiger partial charge in [-0.2, -0.15) is 20.1 Å². The zero-order chi connectivity index (χ0) is 20.1. The van der Waals surface area contributed by atoms with Gasteiger partial charge in [0, 0.05) is 37.2 Å². The van der Waals surface area contributed by atoms with Gasteiger partial charge in [0.05, 0.1) is 31.0 Å². The molecule has 0 atom stereocenters. The smallest absolute Gasteiger partial charge is 0.250 e. The Hall–Kier alpha value is -1.98. The minimum absolute atomic E-state index is 0.365. The lowest BCUT2D eigenvalue weighted by atomic mass is 10.2. The molecule has 1 fully saturated rings. The van der Waals surface area contributed by atoms with E-state index in [1.807, 2.05) is 31.1 Å². The van der Waals surface area contributed by atoms with Gasteiger partial charge in [-0.1, -0.05) is 15.9 Å². The molecule has 11 heteroatoms. The Labute approximate surface area is 180 Å². The molecule has 1 N–H and O–H groups in total. The molecule has 150 valence electrons. The number of aromatic nitrogens is 3. The summed E-state index contributed by atoms with van der Waals surface area (Å²) in [6.45, 7) is 2.79. The van der Waals surface area contributed by atoms with Crippen LogP contribution < -0.4 is 20.0 Å². The molecule has 1 saturated heterocycles. The first kappa shape index (κ1) is 20.7. The van der Waals surface area contributed by atoms with Crippen LogP contribution in [0.2, 0.25) is 0 Å². The van der Waals surface area contributed by atoms with Crippen LogP contribution in [0.15, 0.2) is 26.2 Å². The van der Waals surface area contributed by atoms with E-state index in [2.05, 4.69) is 62.2 Å². The zero-order valence-electron chi connectivity index (χ0n) is 15.8. The molecule has 28 heavy (non-hydrogen) atoms. The van der Waals surface area contributed by atoms with Gasteiger partial charge in [0.25, 0.3) is 0 Å². The van der Waals surface area contributed by atoms with Crippen LogP contribution in [-0.2, 0) is 4.74 Å². The van der Waals surface area contributed by atoms with Crippen molar-refractivity contribution in [3.63, 3.8) is 0 Å². The SMILES string of the molecule is COc1c(Br)cc(Br)cc1C=NNc1nc(N(C)C)nc(N2CCOCC2)n1. The van der Waals surface area contributed by atoms with Gasteiger partial charge in [0.15, 0.2) is 0 Å². The summed E-state index contributed by atoms with van der Waals surface area (Å²) in [5, 5.41) is 4.28. The standard InChI is InChI=1S/C17H21Br2N7O2/c1-25(2)16-21-15(22-17(23-16)26-4-6-28-7-5-26)24-20-10-11-8-12(18)9-13(19)14(11)27-3/h8-10H,4-7H2,1-3H3,(H,21,22,23,24). The molecule has 1 aliphatic rings. The van der Waals surface area contributed by atoms with Crippen LogP contribution in [-0.4, -0.2) is 68.7 Å². The first-order valence-corrected chi connectivity index (χ1v) is 10.1. The van der Waals surface area contributed by atoms with Gasteiger partial charge in [0.1, 0.15) is 5.75 Å². The van der Waals surface area contributed by atoms with E-state index in [1.54, 1.807) is 13.3 Å². The van der Waals surface area contributed by atoms with Crippen molar-refractivity contribution >= 4 is 55.9 Å². The highest BCUT2D eigenvalue weighted by atomic mass is 79.9. The van der Waals surface area contributed by atoms with Crippen LogP contribution in [0.25, 0.3) is 0 Å². The molecule has 0 saturated carbocycles. The van der Waals surface area contributed by atoms with Crippen molar-refractivity contribution in [3.8, 4) is 5.75 Å². The third kappa shape index (κ3) is 5.09. The number of ether oxygens (including phenoxy) is 2. The monoisotopic (exact) mass is 513 g/mol. The van der Waals surface area contributed by atoms with E-state index >= 15 is 0 Å². The summed E-state index contributed by atoms with van der Waals surface area (Å²) >= 11 is 6.95. The first-order chi connectivity index (χ1) is 13.5. The first-order valence-electron chi connectivity index (χ1n) is 8.56. The molecular weight excluding hydrogens is 494 g/mol. The predicted molar refractivity (Wildman–Crippen MR) is 117 cm³/mol. The van der Waals surface area contributed by atoms with Crippen LogP contribution in [0.4, 0.5) is 17.8 Å². The number of morpholine rings is 1. The highest BCUT2D eigenvalue weighted by Gasteiger charge is 2.17. The molecule has 1 aromatic heterocycles. The van der Waals surface area contributed by atoms with Crippen molar-refractivity contribution < 1.29 is 9.47 Å². The van der Waals surface area contributed by atoms with E-state index in [0.717, 1.165) is 27.6 Å². The molecule has 0 radical (unpaired) electrons. The van der Waals surface area contributed by atoms with Crippen LogP contribution in [0.3, 0.4) is 0 Å². The Bertz CT molecular complexity index is 858. The number of methoxy groups -OCH3 is 1. The summed E-state index contributed by atoms with van der Waals surface area (Å²) in [4.78, 5) is 17.3. The predicted octanol–water partition coefficient (Wildman–Crippen LogP) is 2.75. The van der Waals surface area contributed by atoms with E-state index in [4.69, 9.17) is 9.47 Å². The van der Waals surface area contributed by atoms with E-state index < -0.39 is 0 Å². The van der Waals surface area contributed by atoms with Crippen LogP contribution in [0.1, 0.15) is 5.56 Å². The minimum Gasteiger partial charge on any atom is -0.495 e. The van der Waals surface area contributed by atoms with Gasteiger partial charge >= 0.3 is 0 Å². The lowest BCUT2D eigenvalue weighted by Crippen LogP contribution is -2.37. The Kier molecular flexibility index (Phi) is 7.03. The second-order valence-electron chi connectivity index (χ2n) is 6.13. The van der Waals surface area contributed by atoms with Gasteiger partial charge in [0.2, 0.25) is 17.8 Å². The van der Waals surface area contributed by atoms with Crippen molar-refractivity contribution in [2.45, 2.75) is 0 Å². The maximum atomic E-state index is 5.43. The quantitative estimate of drug-likeness (QED) is 0.465. The van der Waals surface area contributed by atoms with Crippen molar-refractivity contribution in [2.75, 3.05) is 62.7 Å². The van der Waals surface area contributed by atoms with E-state index in [0.29, 0.717) is 36.8 Å². The molecule has 0 spiro atoms. The fourth-order valence-electron chi connectivity index (χ4n) is 2.56. The van der Waals surface area contributed by atoms with Crippen LogP contribution in [0.5, 0.6) is 5.75 Å². The number of hydrazone groups is 1. The zero-order valence-corrected chi connectivity index (χ0v) is 19.0. The largest absolute Gasteiger partial charge is 0.495 e. The molecule has 0 unspecified atom stereocenters.